The molecule has 1 aromatic carbocycles. The monoisotopic (exact) mass is 204 g/mol. The normalized spacial score (nSPS) is 10.5. The standard InChI is InChI=1S/C11H12N2O2/c1-15-7-13-11(14)9-6-12-10-5-3-2-4-8(9)10/h2-6,12H,7H2,1H3,(H,13,14). The van der Waals surface area contributed by atoms with Crippen LogP contribution in [0.15, 0.2) is 30.5 Å². The van der Waals surface area contributed by atoms with Crippen LogP contribution in [0.2, 0.25) is 0 Å². The molecule has 2 N–H and O–H groups in total. The van der Waals surface area contributed by atoms with Crippen molar-refractivity contribution in [2.75, 3.05) is 13.8 Å². The lowest BCUT2D eigenvalue weighted by atomic mass is 10.2. The number of rotatable bonds is 3. The molecule has 15 heavy (non-hydrogen) atoms. The van der Waals surface area contributed by atoms with Gasteiger partial charge in [-0.05, 0) is 6.07 Å². The third-order valence-electron chi connectivity index (χ3n) is 2.21. The Labute approximate surface area is 87.2 Å². The molecule has 0 aliphatic carbocycles. The topological polar surface area (TPSA) is 54.1 Å². The fourth-order valence-electron chi connectivity index (χ4n) is 1.49. The molecule has 1 heterocycles. The number of carbonyl (C=O) groups excluding carboxylic acids is 1. The van der Waals surface area contributed by atoms with Gasteiger partial charge in [-0.15, -0.1) is 0 Å². The zero-order chi connectivity index (χ0) is 10.7. The number of hydrogen-bond acceptors (Lipinski definition) is 2. The molecule has 0 aliphatic rings. The lowest BCUT2D eigenvalue weighted by Gasteiger charge is -2.01. The summed E-state index contributed by atoms with van der Waals surface area (Å²) in [6.45, 7) is 0.221. The van der Waals surface area contributed by atoms with E-state index >= 15 is 0 Å². The lowest BCUT2D eigenvalue weighted by molar-refractivity contribution is 0.0874. The first-order chi connectivity index (χ1) is 7.33. The zero-order valence-electron chi connectivity index (χ0n) is 8.41. The first-order valence-corrected chi connectivity index (χ1v) is 4.66. The highest BCUT2D eigenvalue weighted by molar-refractivity contribution is 6.06. The van der Waals surface area contributed by atoms with Crippen LogP contribution < -0.4 is 5.32 Å². The number of para-hydroxylation sites is 1. The first-order valence-electron chi connectivity index (χ1n) is 4.66. The van der Waals surface area contributed by atoms with Crippen LogP contribution in [0, 0.1) is 0 Å². The Balaban J connectivity index is 2.31. The van der Waals surface area contributed by atoms with Crippen LogP contribution in [-0.4, -0.2) is 24.7 Å². The number of fused-ring (bicyclic) bond motifs is 1. The number of benzene rings is 1. The largest absolute Gasteiger partial charge is 0.364 e. The molecule has 0 bridgehead atoms. The molecule has 0 atom stereocenters. The molecule has 4 nitrogen and oxygen atoms in total. The van der Waals surface area contributed by atoms with Crippen LogP contribution in [-0.2, 0) is 4.74 Å². The zero-order valence-corrected chi connectivity index (χ0v) is 8.41. The van der Waals surface area contributed by atoms with Gasteiger partial charge in [0.1, 0.15) is 6.73 Å². The summed E-state index contributed by atoms with van der Waals surface area (Å²) < 4.78 is 4.78. The van der Waals surface area contributed by atoms with Crippen LogP contribution in [0.1, 0.15) is 10.4 Å². The minimum Gasteiger partial charge on any atom is -0.364 e. The number of aromatic nitrogens is 1. The minimum absolute atomic E-state index is 0.130. The predicted octanol–water partition coefficient (Wildman–Crippen LogP) is 1.50. The molecule has 0 spiro atoms. The molecule has 0 radical (unpaired) electrons. The van der Waals surface area contributed by atoms with E-state index in [0.29, 0.717) is 5.56 Å². The number of H-pyrrole nitrogens is 1. The van der Waals surface area contributed by atoms with Crippen molar-refractivity contribution in [1.82, 2.24) is 10.3 Å². The summed E-state index contributed by atoms with van der Waals surface area (Å²) in [5, 5.41) is 3.57. The van der Waals surface area contributed by atoms with E-state index in [1.54, 1.807) is 6.20 Å². The van der Waals surface area contributed by atoms with Gasteiger partial charge in [-0.25, -0.2) is 0 Å². The molecule has 4 heteroatoms. The molecule has 0 aliphatic heterocycles. The molecule has 0 saturated heterocycles. The molecule has 0 saturated carbocycles. The summed E-state index contributed by atoms with van der Waals surface area (Å²) >= 11 is 0. The maximum Gasteiger partial charge on any atom is 0.255 e. The Bertz CT molecular complexity index is 476. The molecule has 78 valence electrons. The fraction of sp³-hybridized carbons (Fsp3) is 0.182. The number of methoxy groups -OCH3 is 1. The quantitative estimate of drug-likeness (QED) is 0.744. The average molecular weight is 204 g/mol. The van der Waals surface area contributed by atoms with Gasteiger partial charge in [0.15, 0.2) is 0 Å². The van der Waals surface area contributed by atoms with Crippen molar-refractivity contribution in [3.63, 3.8) is 0 Å². The molecule has 0 unspecified atom stereocenters. The fourth-order valence-corrected chi connectivity index (χ4v) is 1.49. The van der Waals surface area contributed by atoms with Gasteiger partial charge in [0.05, 0.1) is 5.56 Å². The van der Waals surface area contributed by atoms with Gasteiger partial charge in [0, 0.05) is 24.2 Å². The lowest BCUT2D eigenvalue weighted by Crippen LogP contribution is -2.25. The van der Waals surface area contributed by atoms with E-state index < -0.39 is 0 Å². The maximum atomic E-state index is 11.7. The summed E-state index contributed by atoms with van der Waals surface area (Å²) in [5.41, 5.74) is 1.60. The molecule has 2 rings (SSSR count). The Morgan fingerprint density at radius 1 is 1.47 bits per heavy atom. The Morgan fingerprint density at radius 2 is 2.27 bits per heavy atom. The van der Waals surface area contributed by atoms with Crippen LogP contribution in [0.3, 0.4) is 0 Å². The number of amides is 1. The minimum atomic E-state index is -0.130. The summed E-state index contributed by atoms with van der Waals surface area (Å²) in [6, 6.07) is 7.68. The van der Waals surface area contributed by atoms with Crippen molar-refractivity contribution in [3.05, 3.63) is 36.0 Å². The van der Waals surface area contributed by atoms with Crippen molar-refractivity contribution in [3.8, 4) is 0 Å². The predicted molar refractivity (Wildman–Crippen MR) is 57.6 cm³/mol. The SMILES string of the molecule is COCNC(=O)c1c[nH]c2ccccc12. The van der Waals surface area contributed by atoms with Gasteiger partial charge in [-0.1, -0.05) is 18.2 Å². The van der Waals surface area contributed by atoms with Crippen molar-refractivity contribution < 1.29 is 9.53 Å². The summed E-state index contributed by atoms with van der Waals surface area (Å²) in [4.78, 5) is 14.7. The third kappa shape index (κ3) is 1.85. The summed E-state index contributed by atoms with van der Waals surface area (Å²) in [6.07, 6.45) is 1.70. The molecule has 1 amide bonds. The highest BCUT2D eigenvalue weighted by Crippen LogP contribution is 2.17. The van der Waals surface area contributed by atoms with Gasteiger partial charge in [0.2, 0.25) is 0 Å². The van der Waals surface area contributed by atoms with Gasteiger partial charge >= 0.3 is 0 Å². The van der Waals surface area contributed by atoms with E-state index in [1.165, 1.54) is 7.11 Å². The first kappa shape index (κ1) is 9.73. The van der Waals surface area contributed by atoms with Crippen molar-refractivity contribution in [1.29, 1.82) is 0 Å². The van der Waals surface area contributed by atoms with Gasteiger partial charge in [-0.3, -0.25) is 4.79 Å². The molecular weight excluding hydrogens is 192 g/mol. The number of ether oxygens (including phenoxy) is 1. The van der Waals surface area contributed by atoms with E-state index in [1.807, 2.05) is 24.3 Å². The molecular formula is C11H12N2O2. The van der Waals surface area contributed by atoms with Crippen molar-refractivity contribution in [2.24, 2.45) is 0 Å². The maximum absolute atomic E-state index is 11.7. The number of nitrogens with one attached hydrogen (secondary N) is 2. The van der Waals surface area contributed by atoms with Crippen molar-refractivity contribution >= 4 is 16.8 Å². The van der Waals surface area contributed by atoms with Crippen LogP contribution >= 0.6 is 0 Å². The number of hydrogen-bond donors (Lipinski definition) is 2. The Hall–Kier alpha value is -1.81. The van der Waals surface area contributed by atoms with Crippen LogP contribution in [0.5, 0.6) is 0 Å². The van der Waals surface area contributed by atoms with E-state index in [0.717, 1.165) is 10.9 Å². The number of carbonyl (C=O) groups is 1. The van der Waals surface area contributed by atoms with E-state index in [-0.39, 0.29) is 12.6 Å². The third-order valence-corrected chi connectivity index (χ3v) is 2.21. The van der Waals surface area contributed by atoms with Gasteiger partial charge in [0.25, 0.3) is 5.91 Å². The van der Waals surface area contributed by atoms with Gasteiger partial charge < -0.3 is 15.0 Å². The highest BCUT2D eigenvalue weighted by Gasteiger charge is 2.10. The molecule has 2 aromatic rings. The van der Waals surface area contributed by atoms with Crippen LogP contribution in [0.4, 0.5) is 0 Å². The Morgan fingerprint density at radius 3 is 3.07 bits per heavy atom. The molecule has 1 aromatic heterocycles. The highest BCUT2D eigenvalue weighted by atomic mass is 16.5. The summed E-state index contributed by atoms with van der Waals surface area (Å²) in [7, 11) is 1.54. The van der Waals surface area contributed by atoms with E-state index in [9.17, 15) is 4.79 Å². The van der Waals surface area contributed by atoms with E-state index in [2.05, 4.69) is 10.3 Å². The van der Waals surface area contributed by atoms with Crippen molar-refractivity contribution in [2.45, 2.75) is 0 Å². The van der Waals surface area contributed by atoms with E-state index in [4.69, 9.17) is 4.74 Å². The molecule has 0 fully saturated rings. The average Bonchev–Trinajstić information content (AvgIpc) is 2.69. The van der Waals surface area contributed by atoms with Crippen LogP contribution in [0.25, 0.3) is 10.9 Å². The smallest absolute Gasteiger partial charge is 0.255 e. The Kier molecular flexibility index (Phi) is 2.69. The second kappa shape index (κ2) is 4.14. The second-order valence-corrected chi connectivity index (χ2v) is 3.19. The summed E-state index contributed by atoms with van der Waals surface area (Å²) in [5.74, 6) is -0.130. The second-order valence-electron chi connectivity index (χ2n) is 3.19. The van der Waals surface area contributed by atoms with Gasteiger partial charge in [-0.2, -0.15) is 0 Å². The number of aromatic amines is 1.